The van der Waals surface area contributed by atoms with Gasteiger partial charge in [0.25, 0.3) is 0 Å². The largest absolute Gasteiger partial charge is 0.309 e. The maximum absolute atomic E-state index is 5.14. The number of aromatic nitrogens is 5. The Hall–Kier alpha value is -6.85. The van der Waals surface area contributed by atoms with Gasteiger partial charge in [0.15, 0.2) is 11.6 Å². The lowest BCUT2D eigenvalue weighted by molar-refractivity contribution is 0.954. The lowest BCUT2D eigenvalue weighted by atomic mass is 10.1. The summed E-state index contributed by atoms with van der Waals surface area (Å²) in [5, 5.41) is 4.65. The summed E-state index contributed by atoms with van der Waals surface area (Å²) >= 11 is 0. The molecule has 0 saturated carbocycles. The standard InChI is InChI=1S/C45H29N5/c1-4-14-30(15-5-1)31-24-26-34(27-25-31)49-39-22-12-10-20-35(39)37-29-42-38(28-41(37)49)36-21-11-13-23-40(36)50(42)45-47-43(32-16-6-2-7-17-32)46-44(48-45)33-18-8-3-9-19-33/h1-29H. The molecule has 10 rings (SSSR count). The molecular formula is C45H29N5. The Kier molecular flexibility index (Phi) is 6.42. The van der Waals surface area contributed by atoms with Crippen LogP contribution in [0.25, 0.3) is 89.2 Å². The number of benzene rings is 7. The van der Waals surface area contributed by atoms with E-state index in [-0.39, 0.29) is 0 Å². The minimum absolute atomic E-state index is 0.587. The van der Waals surface area contributed by atoms with Crippen LogP contribution in [0.5, 0.6) is 0 Å². The predicted molar refractivity (Wildman–Crippen MR) is 205 cm³/mol. The topological polar surface area (TPSA) is 48.5 Å². The molecule has 0 radical (unpaired) electrons. The van der Waals surface area contributed by atoms with E-state index in [0.29, 0.717) is 17.6 Å². The van der Waals surface area contributed by atoms with Crippen molar-refractivity contribution >= 4 is 43.6 Å². The quantitative estimate of drug-likeness (QED) is 0.188. The van der Waals surface area contributed by atoms with Crippen molar-refractivity contribution in [3.63, 3.8) is 0 Å². The van der Waals surface area contributed by atoms with E-state index in [2.05, 4.69) is 124 Å². The van der Waals surface area contributed by atoms with Crippen molar-refractivity contribution in [2.75, 3.05) is 0 Å². The highest BCUT2D eigenvalue weighted by molar-refractivity contribution is 6.18. The van der Waals surface area contributed by atoms with E-state index < -0.39 is 0 Å². The summed E-state index contributed by atoms with van der Waals surface area (Å²) in [6, 6.07) is 61.5. The molecular weight excluding hydrogens is 611 g/mol. The van der Waals surface area contributed by atoms with E-state index in [1.165, 1.54) is 21.9 Å². The van der Waals surface area contributed by atoms with E-state index >= 15 is 0 Å². The van der Waals surface area contributed by atoms with Gasteiger partial charge in [-0.15, -0.1) is 0 Å². The minimum atomic E-state index is 0.587. The van der Waals surface area contributed by atoms with Crippen LogP contribution >= 0.6 is 0 Å². The molecule has 0 N–H and O–H groups in total. The van der Waals surface area contributed by atoms with Crippen LogP contribution in [0.4, 0.5) is 0 Å². The lowest BCUT2D eigenvalue weighted by Gasteiger charge is -2.11. The number of hydrogen-bond acceptors (Lipinski definition) is 3. The fourth-order valence-corrected chi connectivity index (χ4v) is 7.26. The number of rotatable bonds is 5. The SMILES string of the molecule is c1ccc(-c2ccc(-n3c4ccccc4c4cc5c(cc43)c3ccccc3n5-c3nc(-c4ccccc4)nc(-c4ccccc4)n3)cc2)cc1. The summed E-state index contributed by atoms with van der Waals surface area (Å²) in [5.74, 6) is 1.86. The van der Waals surface area contributed by atoms with Crippen molar-refractivity contribution in [2.45, 2.75) is 0 Å². The number of nitrogens with zero attached hydrogens (tertiary/aromatic N) is 5. The van der Waals surface area contributed by atoms with Crippen LogP contribution in [-0.2, 0) is 0 Å². The van der Waals surface area contributed by atoms with E-state index in [9.17, 15) is 0 Å². The van der Waals surface area contributed by atoms with Crippen molar-refractivity contribution < 1.29 is 0 Å². The highest BCUT2D eigenvalue weighted by Crippen LogP contribution is 2.39. The van der Waals surface area contributed by atoms with E-state index in [0.717, 1.165) is 49.7 Å². The van der Waals surface area contributed by atoms with Crippen molar-refractivity contribution in [3.05, 3.63) is 176 Å². The zero-order valence-corrected chi connectivity index (χ0v) is 27.0. The first-order valence-corrected chi connectivity index (χ1v) is 16.8. The van der Waals surface area contributed by atoms with Crippen molar-refractivity contribution in [1.82, 2.24) is 24.1 Å². The van der Waals surface area contributed by atoms with Gasteiger partial charge in [0, 0.05) is 38.4 Å². The molecule has 0 amide bonds. The minimum Gasteiger partial charge on any atom is -0.309 e. The zero-order chi connectivity index (χ0) is 33.0. The lowest BCUT2D eigenvalue weighted by Crippen LogP contribution is -2.06. The molecule has 7 aromatic carbocycles. The Morgan fingerprint density at radius 1 is 0.300 bits per heavy atom. The van der Waals surface area contributed by atoms with Crippen LogP contribution in [-0.4, -0.2) is 24.1 Å². The van der Waals surface area contributed by atoms with Crippen molar-refractivity contribution in [1.29, 1.82) is 0 Å². The fraction of sp³-hybridized carbons (Fsp3) is 0. The van der Waals surface area contributed by atoms with E-state index in [4.69, 9.17) is 15.0 Å². The third-order valence-corrected chi connectivity index (χ3v) is 9.59. The van der Waals surface area contributed by atoms with Gasteiger partial charge in [-0.1, -0.05) is 140 Å². The normalized spacial score (nSPS) is 11.6. The number of para-hydroxylation sites is 2. The van der Waals surface area contributed by atoms with Crippen LogP contribution in [0.15, 0.2) is 176 Å². The van der Waals surface area contributed by atoms with Gasteiger partial charge >= 0.3 is 0 Å². The van der Waals surface area contributed by atoms with Gasteiger partial charge in [0.1, 0.15) is 0 Å². The van der Waals surface area contributed by atoms with Crippen molar-refractivity contribution in [3.8, 4) is 45.5 Å². The molecule has 0 aliphatic heterocycles. The Bertz CT molecular complexity index is 2780. The first kappa shape index (κ1) is 28.2. The van der Waals surface area contributed by atoms with E-state index in [1.54, 1.807) is 0 Å². The Balaban J connectivity index is 1.25. The molecule has 0 saturated heterocycles. The summed E-state index contributed by atoms with van der Waals surface area (Å²) in [6.45, 7) is 0. The summed E-state index contributed by atoms with van der Waals surface area (Å²) in [4.78, 5) is 15.2. The monoisotopic (exact) mass is 639 g/mol. The van der Waals surface area contributed by atoms with Gasteiger partial charge in [-0.3, -0.25) is 4.57 Å². The average molecular weight is 640 g/mol. The average Bonchev–Trinajstić information content (AvgIpc) is 3.70. The molecule has 3 heterocycles. The fourth-order valence-electron chi connectivity index (χ4n) is 7.26. The van der Waals surface area contributed by atoms with Crippen LogP contribution < -0.4 is 0 Å². The van der Waals surface area contributed by atoms with Gasteiger partial charge in [-0.2, -0.15) is 9.97 Å². The van der Waals surface area contributed by atoms with Gasteiger partial charge < -0.3 is 4.57 Å². The van der Waals surface area contributed by atoms with Crippen LogP contribution in [0, 0.1) is 0 Å². The molecule has 0 bridgehead atoms. The molecule has 50 heavy (non-hydrogen) atoms. The smallest absolute Gasteiger partial charge is 0.238 e. The van der Waals surface area contributed by atoms with Gasteiger partial charge in [0.05, 0.1) is 22.1 Å². The van der Waals surface area contributed by atoms with Crippen LogP contribution in [0.2, 0.25) is 0 Å². The van der Waals surface area contributed by atoms with E-state index in [1.807, 2.05) is 60.7 Å². The molecule has 10 aromatic rings. The second-order valence-electron chi connectivity index (χ2n) is 12.5. The molecule has 0 atom stereocenters. The second-order valence-corrected chi connectivity index (χ2v) is 12.5. The van der Waals surface area contributed by atoms with Gasteiger partial charge in [-0.25, -0.2) is 4.98 Å². The predicted octanol–water partition coefficient (Wildman–Crippen LogP) is 11.1. The maximum atomic E-state index is 5.14. The molecule has 0 unspecified atom stereocenters. The van der Waals surface area contributed by atoms with Crippen molar-refractivity contribution in [2.24, 2.45) is 0 Å². The Labute approximate surface area is 288 Å². The summed E-state index contributed by atoms with van der Waals surface area (Å²) in [6.07, 6.45) is 0. The molecule has 5 nitrogen and oxygen atoms in total. The molecule has 5 heteroatoms. The highest BCUT2D eigenvalue weighted by atomic mass is 15.2. The molecule has 0 fully saturated rings. The summed E-state index contributed by atoms with van der Waals surface area (Å²) < 4.78 is 4.58. The Morgan fingerprint density at radius 3 is 1.26 bits per heavy atom. The Morgan fingerprint density at radius 2 is 0.720 bits per heavy atom. The molecule has 234 valence electrons. The first-order valence-electron chi connectivity index (χ1n) is 16.8. The zero-order valence-electron chi connectivity index (χ0n) is 27.0. The van der Waals surface area contributed by atoms with Gasteiger partial charge in [0.2, 0.25) is 5.95 Å². The number of hydrogen-bond donors (Lipinski definition) is 0. The molecule has 0 spiro atoms. The first-order chi connectivity index (χ1) is 24.8. The molecule has 3 aromatic heterocycles. The molecule has 0 aliphatic rings. The van der Waals surface area contributed by atoms with Gasteiger partial charge in [-0.05, 0) is 47.5 Å². The molecule has 0 aliphatic carbocycles. The second kappa shape index (κ2) is 11.4. The number of fused-ring (bicyclic) bond motifs is 6. The third kappa shape index (κ3) is 4.52. The maximum Gasteiger partial charge on any atom is 0.238 e. The van der Waals surface area contributed by atoms with Crippen LogP contribution in [0.3, 0.4) is 0 Å². The third-order valence-electron chi connectivity index (χ3n) is 9.59. The van der Waals surface area contributed by atoms with Crippen LogP contribution in [0.1, 0.15) is 0 Å². The summed E-state index contributed by atoms with van der Waals surface area (Å²) in [5.41, 5.74) is 9.82. The summed E-state index contributed by atoms with van der Waals surface area (Å²) in [7, 11) is 0. The highest BCUT2D eigenvalue weighted by Gasteiger charge is 2.21.